The van der Waals surface area contributed by atoms with Crippen molar-refractivity contribution in [3.63, 3.8) is 0 Å². The van der Waals surface area contributed by atoms with Crippen LogP contribution < -0.4 is 5.32 Å². The van der Waals surface area contributed by atoms with Crippen LogP contribution in [-0.2, 0) is 25.6 Å². The van der Waals surface area contributed by atoms with E-state index in [4.69, 9.17) is 14.2 Å². The molecular formula is C16H19N3O5. The number of esters is 1. The van der Waals surface area contributed by atoms with Gasteiger partial charge in [-0.3, -0.25) is 4.79 Å². The van der Waals surface area contributed by atoms with Crippen molar-refractivity contribution in [3.8, 4) is 0 Å². The highest BCUT2D eigenvalue weighted by Crippen LogP contribution is 2.26. The van der Waals surface area contributed by atoms with Crippen LogP contribution >= 0.6 is 0 Å². The van der Waals surface area contributed by atoms with E-state index in [9.17, 15) is 9.59 Å². The number of nitrogens with one attached hydrogen (secondary N) is 1. The molecule has 1 amide bonds. The fourth-order valence-electron chi connectivity index (χ4n) is 2.83. The van der Waals surface area contributed by atoms with Gasteiger partial charge in [-0.2, -0.15) is 0 Å². The largest absolute Gasteiger partial charge is 0.465 e. The van der Waals surface area contributed by atoms with Gasteiger partial charge in [0.15, 0.2) is 0 Å². The van der Waals surface area contributed by atoms with E-state index in [1.807, 2.05) is 10.6 Å². The summed E-state index contributed by atoms with van der Waals surface area (Å²) in [6.45, 7) is 1.31. The summed E-state index contributed by atoms with van der Waals surface area (Å²) in [5, 5.41) is 2.82. The van der Waals surface area contributed by atoms with Crippen molar-refractivity contribution in [2.75, 3.05) is 34.0 Å². The molecule has 8 nitrogen and oxygen atoms in total. The quantitative estimate of drug-likeness (QED) is 0.808. The zero-order valence-electron chi connectivity index (χ0n) is 13.6. The van der Waals surface area contributed by atoms with Gasteiger partial charge in [0.1, 0.15) is 19.0 Å². The number of rotatable bonds is 5. The Bertz CT molecular complexity index is 770. The van der Waals surface area contributed by atoms with Crippen molar-refractivity contribution in [1.29, 1.82) is 0 Å². The molecule has 1 aliphatic rings. The third-order valence-electron chi connectivity index (χ3n) is 3.90. The van der Waals surface area contributed by atoms with Gasteiger partial charge in [-0.15, -0.1) is 0 Å². The molecule has 0 spiro atoms. The summed E-state index contributed by atoms with van der Waals surface area (Å²) in [7, 11) is 2.82. The number of carbonyl (C=O) groups is 2. The molecule has 128 valence electrons. The van der Waals surface area contributed by atoms with Gasteiger partial charge in [0, 0.05) is 13.7 Å². The van der Waals surface area contributed by atoms with Gasteiger partial charge in [-0.1, -0.05) is 0 Å². The summed E-state index contributed by atoms with van der Waals surface area (Å²) in [5.74, 6) is 0.189. The number of ether oxygens (including phenoxy) is 3. The normalized spacial score (nSPS) is 16.7. The summed E-state index contributed by atoms with van der Waals surface area (Å²) in [6.07, 6.45) is 0. The summed E-state index contributed by atoms with van der Waals surface area (Å²) in [6, 6.07) is 5.18. The number of hydrogen-bond acceptors (Lipinski definition) is 6. The second-order valence-corrected chi connectivity index (χ2v) is 5.50. The number of carbonyl (C=O) groups excluding carboxylic acids is 2. The molecule has 1 aromatic carbocycles. The summed E-state index contributed by atoms with van der Waals surface area (Å²) in [5.41, 5.74) is 2.05. The van der Waals surface area contributed by atoms with Crippen LogP contribution in [0.5, 0.6) is 0 Å². The minimum Gasteiger partial charge on any atom is -0.465 e. The van der Waals surface area contributed by atoms with Gasteiger partial charge in [0.05, 0.1) is 36.4 Å². The van der Waals surface area contributed by atoms with Gasteiger partial charge < -0.3 is 24.1 Å². The Labute approximate surface area is 138 Å². The van der Waals surface area contributed by atoms with Crippen molar-refractivity contribution in [1.82, 2.24) is 14.9 Å². The van der Waals surface area contributed by atoms with Crippen molar-refractivity contribution in [3.05, 3.63) is 29.6 Å². The highest BCUT2D eigenvalue weighted by atomic mass is 16.5. The molecule has 1 atom stereocenters. The maximum atomic E-state index is 11.7. The van der Waals surface area contributed by atoms with E-state index in [1.165, 1.54) is 14.2 Å². The van der Waals surface area contributed by atoms with Crippen molar-refractivity contribution < 1.29 is 23.8 Å². The molecule has 0 bridgehead atoms. The Morgan fingerprint density at radius 2 is 2.25 bits per heavy atom. The molecule has 0 radical (unpaired) electrons. The molecule has 1 aromatic heterocycles. The van der Waals surface area contributed by atoms with Gasteiger partial charge in [-0.05, 0) is 18.2 Å². The van der Waals surface area contributed by atoms with Gasteiger partial charge in [0.25, 0.3) is 0 Å². The molecule has 0 saturated carbocycles. The number of imidazole rings is 1. The average Bonchev–Trinajstić information content (AvgIpc) is 2.97. The van der Waals surface area contributed by atoms with Gasteiger partial charge in [-0.25, -0.2) is 9.78 Å². The third kappa shape index (κ3) is 3.10. The second kappa shape index (κ2) is 6.98. The molecule has 0 aliphatic carbocycles. The molecule has 2 aromatic rings. The Balaban J connectivity index is 1.88. The lowest BCUT2D eigenvalue weighted by molar-refractivity contribution is -0.125. The lowest BCUT2D eigenvalue weighted by atomic mass is 10.2. The van der Waals surface area contributed by atoms with Gasteiger partial charge in [0.2, 0.25) is 5.91 Å². The molecule has 1 N–H and O–H groups in total. The maximum absolute atomic E-state index is 11.7. The fraction of sp³-hybridized carbons (Fsp3) is 0.438. The standard InChI is InChI=1S/C16H19N3O5/c1-22-9-15(20)17-6-11-7-24-8-14-18-12-5-10(16(21)23-2)3-4-13(12)19(11)14/h3-5,11H,6-9H2,1-2H3,(H,17,20). The minimum atomic E-state index is -0.400. The molecule has 3 rings (SSSR count). The van der Waals surface area contributed by atoms with Crippen LogP contribution in [0.15, 0.2) is 18.2 Å². The molecule has 8 heteroatoms. The fourth-order valence-corrected chi connectivity index (χ4v) is 2.83. The molecule has 1 aliphatic heterocycles. The Kier molecular flexibility index (Phi) is 4.77. The van der Waals surface area contributed by atoms with E-state index < -0.39 is 5.97 Å². The second-order valence-electron chi connectivity index (χ2n) is 5.50. The first-order chi connectivity index (χ1) is 11.6. The van der Waals surface area contributed by atoms with Crippen LogP contribution in [0.4, 0.5) is 0 Å². The zero-order valence-corrected chi connectivity index (χ0v) is 13.6. The number of benzene rings is 1. The number of methoxy groups -OCH3 is 2. The smallest absolute Gasteiger partial charge is 0.337 e. The summed E-state index contributed by atoms with van der Waals surface area (Å²) < 4.78 is 17.2. The minimum absolute atomic E-state index is 0.0214. The molecule has 2 heterocycles. The Morgan fingerprint density at radius 1 is 1.42 bits per heavy atom. The third-order valence-corrected chi connectivity index (χ3v) is 3.90. The highest BCUT2D eigenvalue weighted by molar-refractivity contribution is 5.93. The van der Waals surface area contributed by atoms with Crippen LogP contribution in [0, 0.1) is 0 Å². The van der Waals surface area contributed by atoms with Crippen LogP contribution in [0.3, 0.4) is 0 Å². The number of nitrogens with zero attached hydrogens (tertiary/aromatic N) is 2. The lowest BCUT2D eigenvalue weighted by Crippen LogP contribution is -2.37. The zero-order chi connectivity index (χ0) is 17.1. The SMILES string of the molecule is COCC(=O)NCC1COCc2nc3cc(C(=O)OC)ccc3n21. The number of amides is 1. The molecule has 0 fully saturated rings. The number of fused-ring (bicyclic) bond motifs is 3. The average molecular weight is 333 g/mol. The van der Waals surface area contributed by atoms with E-state index in [2.05, 4.69) is 10.3 Å². The molecule has 1 unspecified atom stereocenters. The van der Waals surface area contributed by atoms with E-state index in [1.54, 1.807) is 12.1 Å². The van der Waals surface area contributed by atoms with Crippen LogP contribution in [0.25, 0.3) is 11.0 Å². The Morgan fingerprint density at radius 3 is 3.00 bits per heavy atom. The van der Waals surface area contributed by atoms with Gasteiger partial charge >= 0.3 is 5.97 Å². The maximum Gasteiger partial charge on any atom is 0.337 e. The summed E-state index contributed by atoms with van der Waals surface area (Å²) in [4.78, 5) is 27.8. The molecule has 24 heavy (non-hydrogen) atoms. The predicted octanol–water partition coefficient (Wildman–Crippen LogP) is 0.657. The highest BCUT2D eigenvalue weighted by Gasteiger charge is 2.25. The first-order valence-corrected chi connectivity index (χ1v) is 7.56. The topological polar surface area (TPSA) is 91.7 Å². The van der Waals surface area contributed by atoms with Crippen molar-refractivity contribution >= 4 is 22.9 Å². The number of aromatic nitrogens is 2. The van der Waals surface area contributed by atoms with Crippen molar-refractivity contribution in [2.24, 2.45) is 0 Å². The van der Waals surface area contributed by atoms with E-state index >= 15 is 0 Å². The molecule has 0 saturated heterocycles. The van der Waals surface area contributed by atoms with E-state index in [0.717, 1.165) is 11.3 Å². The van der Waals surface area contributed by atoms with Crippen LogP contribution in [-0.4, -0.2) is 55.4 Å². The lowest BCUT2D eigenvalue weighted by Gasteiger charge is -2.26. The molecular weight excluding hydrogens is 314 g/mol. The first kappa shape index (κ1) is 16.4. The van der Waals surface area contributed by atoms with Crippen LogP contribution in [0.1, 0.15) is 22.2 Å². The van der Waals surface area contributed by atoms with Crippen LogP contribution in [0.2, 0.25) is 0 Å². The van der Waals surface area contributed by atoms with E-state index in [-0.39, 0.29) is 18.6 Å². The van der Waals surface area contributed by atoms with E-state index in [0.29, 0.717) is 30.8 Å². The summed E-state index contributed by atoms with van der Waals surface area (Å²) >= 11 is 0. The first-order valence-electron chi connectivity index (χ1n) is 7.56. The number of hydrogen-bond donors (Lipinski definition) is 1. The van der Waals surface area contributed by atoms with Crippen molar-refractivity contribution in [2.45, 2.75) is 12.6 Å². The monoisotopic (exact) mass is 333 g/mol. The predicted molar refractivity (Wildman–Crippen MR) is 84.7 cm³/mol. The Hall–Kier alpha value is -2.45.